The van der Waals surface area contributed by atoms with Crippen molar-refractivity contribution in [2.45, 2.75) is 0 Å². The fourth-order valence-corrected chi connectivity index (χ4v) is 0.996. The number of carbonyl (C=O) groups excluding carboxylic acids is 1. The lowest BCUT2D eigenvalue weighted by atomic mass is 10.3. The number of alkyl halides is 1. The lowest BCUT2D eigenvalue weighted by Crippen LogP contribution is -2.26. The molecule has 0 aliphatic rings. The van der Waals surface area contributed by atoms with E-state index in [-0.39, 0.29) is 18.1 Å². The summed E-state index contributed by atoms with van der Waals surface area (Å²) in [4.78, 5) is 15.0. The molecule has 0 saturated carbocycles. The second-order valence-corrected chi connectivity index (χ2v) is 3.22. The molecule has 13 heavy (non-hydrogen) atoms. The van der Waals surface area contributed by atoms with Crippen LogP contribution in [0.1, 0.15) is 10.5 Å². The number of nitrogens with one attached hydrogen (secondary N) is 1. The summed E-state index contributed by atoms with van der Waals surface area (Å²) in [7, 11) is 0. The molecule has 0 spiro atoms. The summed E-state index contributed by atoms with van der Waals surface area (Å²) in [6, 6.07) is 3.27. The maximum Gasteiger partial charge on any atom is 0.269 e. The zero-order chi connectivity index (χ0) is 9.68. The first-order valence-corrected chi connectivity index (χ1v) is 4.49. The molecule has 0 aromatic carbocycles. The Kier molecular flexibility index (Phi) is 3.82. The zero-order valence-corrected chi connectivity index (χ0v) is 8.34. The van der Waals surface area contributed by atoms with E-state index in [0.717, 1.165) is 4.47 Å². The summed E-state index contributed by atoms with van der Waals surface area (Å²) < 4.78 is 12.5. The Morgan fingerprint density at radius 1 is 1.62 bits per heavy atom. The van der Waals surface area contributed by atoms with Crippen molar-refractivity contribution in [3.05, 3.63) is 28.5 Å². The van der Waals surface area contributed by atoms with Crippen molar-refractivity contribution in [1.29, 1.82) is 0 Å². The van der Waals surface area contributed by atoms with Crippen LogP contribution >= 0.6 is 15.9 Å². The Morgan fingerprint density at radius 3 is 2.92 bits per heavy atom. The molecule has 0 bridgehead atoms. The number of carbonyl (C=O) groups is 1. The molecule has 0 saturated heterocycles. The molecule has 0 aliphatic carbocycles. The van der Waals surface area contributed by atoms with Crippen LogP contribution in [0.3, 0.4) is 0 Å². The van der Waals surface area contributed by atoms with Crippen molar-refractivity contribution in [2.75, 3.05) is 13.2 Å². The van der Waals surface area contributed by atoms with E-state index in [1.807, 2.05) is 0 Å². The number of rotatable bonds is 3. The van der Waals surface area contributed by atoms with Gasteiger partial charge in [0.25, 0.3) is 5.91 Å². The second kappa shape index (κ2) is 4.91. The average molecular weight is 247 g/mol. The number of pyridine rings is 1. The molecule has 1 rings (SSSR count). The van der Waals surface area contributed by atoms with Gasteiger partial charge >= 0.3 is 0 Å². The van der Waals surface area contributed by atoms with Gasteiger partial charge in [0.15, 0.2) is 0 Å². The highest BCUT2D eigenvalue weighted by atomic mass is 79.9. The Hall–Kier alpha value is -0.970. The minimum Gasteiger partial charge on any atom is -0.348 e. The molecule has 3 nitrogen and oxygen atoms in total. The monoisotopic (exact) mass is 246 g/mol. The Labute approximate surface area is 83.5 Å². The molecule has 1 amide bonds. The highest BCUT2D eigenvalue weighted by Crippen LogP contribution is 2.06. The van der Waals surface area contributed by atoms with Gasteiger partial charge in [-0.15, -0.1) is 0 Å². The first-order valence-electron chi connectivity index (χ1n) is 3.70. The van der Waals surface area contributed by atoms with Gasteiger partial charge in [-0.1, -0.05) is 0 Å². The van der Waals surface area contributed by atoms with E-state index in [1.165, 1.54) is 6.20 Å². The largest absolute Gasteiger partial charge is 0.348 e. The molecule has 0 atom stereocenters. The molecule has 0 radical (unpaired) electrons. The summed E-state index contributed by atoms with van der Waals surface area (Å²) in [6.07, 6.45) is 1.52. The zero-order valence-electron chi connectivity index (χ0n) is 6.76. The summed E-state index contributed by atoms with van der Waals surface area (Å²) >= 11 is 3.19. The normalized spacial score (nSPS) is 9.69. The Morgan fingerprint density at radius 2 is 2.38 bits per heavy atom. The highest BCUT2D eigenvalue weighted by Gasteiger charge is 2.04. The molecule has 0 unspecified atom stereocenters. The Balaban J connectivity index is 2.61. The van der Waals surface area contributed by atoms with E-state index in [2.05, 4.69) is 26.2 Å². The van der Waals surface area contributed by atoms with Crippen molar-refractivity contribution in [3.63, 3.8) is 0 Å². The van der Waals surface area contributed by atoms with E-state index >= 15 is 0 Å². The minimum absolute atomic E-state index is 0.0244. The van der Waals surface area contributed by atoms with Gasteiger partial charge in [0.1, 0.15) is 12.4 Å². The van der Waals surface area contributed by atoms with E-state index in [1.54, 1.807) is 12.1 Å². The standard InChI is InChI=1S/C8H8BrFN2O/c9-6-1-2-7(12-5-6)8(13)11-4-3-10/h1-2,5H,3-4H2,(H,11,13). The fourth-order valence-electron chi connectivity index (χ4n) is 0.761. The van der Waals surface area contributed by atoms with Crippen molar-refractivity contribution >= 4 is 21.8 Å². The van der Waals surface area contributed by atoms with Gasteiger partial charge in [-0.05, 0) is 28.1 Å². The maximum absolute atomic E-state index is 11.7. The summed E-state index contributed by atoms with van der Waals surface area (Å²) in [6.45, 7) is -0.543. The number of halogens is 2. The second-order valence-electron chi connectivity index (χ2n) is 2.31. The molecule has 1 N–H and O–H groups in total. The van der Waals surface area contributed by atoms with Gasteiger partial charge in [-0.3, -0.25) is 4.79 Å². The van der Waals surface area contributed by atoms with Gasteiger partial charge in [0, 0.05) is 17.2 Å². The minimum atomic E-state index is -0.567. The van der Waals surface area contributed by atoms with Crippen LogP contribution in [0.25, 0.3) is 0 Å². The van der Waals surface area contributed by atoms with Crippen LogP contribution in [0.15, 0.2) is 22.8 Å². The third-order valence-electron chi connectivity index (χ3n) is 1.34. The third-order valence-corrected chi connectivity index (χ3v) is 1.81. The molecule has 0 fully saturated rings. The molecule has 1 aromatic rings. The number of hydrogen-bond acceptors (Lipinski definition) is 2. The van der Waals surface area contributed by atoms with Crippen LogP contribution in [-0.2, 0) is 0 Å². The predicted molar refractivity (Wildman–Crippen MR) is 50.2 cm³/mol. The van der Waals surface area contributed by atoms with Gasteiger partial charge in [-0.25, -0.2) is 9.37 Å². The first kappa shape index (κ1) is 10.1. The lowest BCUT2D eigenvalue weighted by Gasteiger charge is -2.00. The van der Waals surface area contributed by atoms with E-state index in [0.29, 0.717) is 0 Å². The fraction of sp³-hybridized carbons (Fsp3) is 0.250. The van der Waals surface area contributed by atoms with Gasteiger partial charge in [0.05, 0.1) is 0 Å². The highest BCUT2D eigenvalue weighted by molar-refractivity contribution is 9.10. The maximum atomic E-state index is 11.7. The number of hydrogen-bond donors (Lipinski definition) is 1. The number of aromatic nitrogens is 1. The summed E-state index contributed by atoms with van der Waals surface area (Å²) in [5.41, 5.74) is 0.289. The number of amides is 1. The van der Waals surface area contributed by atoms with Gasteiger partial charge in [-0.2, -0.15) is 0 Å². The van der Waals surface area contributed by atoms with Crippen LogP contribution in [-0.4, -0.2) is 24.1 Å². The molecule has 1 aromatic heterocycles. The van der Waals surface area contributed by atoms with Crippen LogP contribution in [0.2, 0.25) is 0 Å². The Bertz CT molecular complexity index is 289. The first-order chi connectivity index (χ1) is 6.24. The van der Waals surface area contributed by atoms with E-state index in [4.69, 9.17) is 0 Å². The van der Waals surface area contributed by atoms with Crippen LogP contribution in [0.5, 0.6) is 0 Å². The van der Waals surface area contributed by atoms with Crippen LogP contribution in [0, 0.1) is 0 Å². The summed E-state index contributed by atoms with van der Waals surface area (Å²) in [5, 5.41) is 2.38. The molecule has 0 aliphatic heterocycles. The number of nitrogens with zero attached hydrogens (tertiary/aromatic N) is 1. The topological polar surface area (TPSA) is 42.0 Å². The van der Waals surface area contributed by atoms with Crippen LogP contribution < -0.4 is 5.32 Å². The lowest BCUT2D eigenvalue weighted by molar-refractivity contribution is 0.0946. The average Bonchev–Trinajstić information content (AvgIpc) is 2.15. The van der Waals surface area contributed by atoms with Crippen LogP contribution in [0.4, 0.5) is 4.39 Å². The predicted octanol–water partition coefficient (Wildman–Crippen LogP) is 1.54. The van der Waals surface area contributed by atoms with Gasteiger partial charge in [0.2, 0.25) is 0 Å². The molecule has 1 heterocycles. The van der Waals surface area contributed by atoms with Crippen molar-refractivity contribution in [2.24, 2.45) is 0 Å². The SMILES string of the molecule is O=C(NCCF)c1ccc(Br)cn1. The summed E-state index contributed by atoms with van der Waals surface area (Å²) in [5.74, 6) is -0.356. The molecular weight excluding hydrogens is 239 g/mol. The van der Waals surface area contributed by atoms with E-state index < -0.39 is 6.67 Å². The van der Waals surface area contributed by atoms with Crippen molar-refractivity contribution in [1.82, 2.24) is 10.3 Å². The molecule has 5 heteroatoms. The molecular formula is C8H8BrFN2O. The smallest absolute Gasteiger partial charge is 0.269 e. The quantitative estimate of drug-likeness (QED) is 0.880. The third kappa shape index (κ3) is 3.10. The van der Waals surface area contributed by atoms with Crippen molar-refractivity contribution in [3.8, 4) is 0 Å². The molecule has 70 valence electrons. The van der Waals surface area contributed by atoms with Gasteiger partial charge < -0.3 is 5.32 Å². The van der Waals surface area contributed by atoms with E-state index in [9.17, 15) is 9.18 Å². The van der Waals surface area contributed by atoms with Crippen molar-refractivity contribution < 1.29 is 9.18 Å².